The van der Waals surface area contributed by atoms with Gasteiger partial charge in [-0.3, -0.25) is 0 Å². The third-order valence-electron chi connectivity index (χ3n) is 2.89. The lowest BCUT2D eigenvalue weighted by Crippen LogP contribution is -2.17. The van der Waals surface area contributed by atoms with Crippen LogP contribution in [0.2, 0.25) is 0 Å². The van der Waals surface area contributed by atoms with Crippen LogP contribution in [0.15, 0.2) is 18.2 Å². The van der Waals surface area contributed by atoms with Crippen LogP contribution in [-0.4, -0.2) is 11.7 Å². The van der Waals surface area contributed by atoms with E-state index in [1.807, 2.05) is 6.07 Å². The molecule has 0 saturated heterocycles. The second-order valence-corrected chi connectivity index (χ2v) is 4.21. The number of rotatable bonds is 1. The van der Waals surface area contributed by atoms with Crippen LogP contribution >= 0.6 is 0 Å². The van der Waals surface area contributed by atoms with Gasteiger partial charge in [0.15, 0.2) is 0 Å². The van der Waals surface area contributed by atoms with Gasteiger partial charge in [-0.05, 0) is 29.9 Å². The SMILES string of the molecule is CC(C)C1CCOc2cc(O)ccc21. The van der Waals surface area contributed by atoms with Crippen molar-refractivity contribution in [3.63, 3.8) is 0 Å². The summed E-state index contributed by atoms with van der Waals surface area (Å²) in [6, 6.07) is 5.43. The molecule has 0 saturated carbocycles. The molecule has 1 aliphatic heterocycles. The molecule has 1 aromatic rings. The monoisotopic (exact) mass is 192 g/mol. The molecule has 1 heterocycles. The Hall–Kier alpha value is -1.18. The third-order valence-corrected chi connectivity index (χ3v) is 2.89. The fraction of sp³-hybridized carbons (Fsp3) is 0.500. The number of fused-ring (bicyclic) bond motifs is 1. The minimum atomic E-state index is 0.285. The second kappa shape index (κ2) is 3.52. The van der Waals surface area contributed by atoms with Gasteiger partial charge in [-0.15, -0.1) is 0 Å². The summed E-state index contributed by atoms with van der Waals surface area (Å²) in [6.07, 6.45) is 1.08. The third kappa shape index (κ3) is 1.57. The first-order valence-electron chi connectivity index (χ1n) is 5.14. The predicted octanol–water partition coefficient (Wildman–Crippen LogP) is 2.91. The fourth-order valence-electron chi connectivity index (χ4n) is 2.10. The van der Waals surface area contributed by atoms with Gasteiger partial charge in [0, 0.05) is 6.07 Å². The summed E-state index contributed by atoms with van der Waals surface area (Å²) in [5, 5.41) is 9.33. The Morgan fingerprint density at radius 1 is 1.43 bits per heavy atom. The molecule has 14 heavy (non-hydrogen) atoms. The van der Waals surface area contributed by atoms with Gasteiger partial charge in [-0.1, -0.05) is 19.9 Å². The number of ether oxygens (including phenoxy) is 1. The first kappa shape index (κ1) is 9.38. The van der Waals surface area contributed by atoms with E-state index >= 15 is 0 Å². The van der Waals surface area contributed by atoms with Crippen molar-refractivity contribution < 1.29 is 9.84 Å². The lowest BCUT2D eigenvalue weighted by atomic mass is 9.84. The average molecular weight is 192 g/mol. The van der Waals surface area contributed by atoms with Gasteiger partial charge >= 0.3 is 0 Å². The Morgan fingerprint density at radius 3 is 2.93 bits per heavy atom. The normalized spacial score (nSPS) is 20.4. The van der Waals surface area contributed by atoms with Crippen molar-refractivity contribution in [1.82, 2.24) is 0 Å². The van der Waals surface area contributed by atoms with E-state index in [9.17, 15) is 5.11 Å². The Kier molecular flexibility index (Phi) is 2.36. The number of benzene rings is 1. The molecule has 1 N–H and O–H groups in total. The summed E-state index contributed by atoms with van der Waals surface area (Å²) in [7, 11) is 0. The van der Waals surface area contributed by atoms with E-state index in [0.29, 0.717) is 11.8 Å². The molecule has 0 amide bonds. The van der Waals surface area contributed by atoms with Crippen LogP contribution in [0.25, 0.3) is 0 Å². The second-order valence-electron chi connectivity index (χ2n) is 4.21. The molecule has 0 bridgehead atoms. The minimum absolute atomic E-state index is 0.285. The lowest BCUT2D eigenvalue weighted by molar-refractivity contribution is 0.246. The summed E-state index contributed by atoms with van der Waals surface area (Å²) in [6.45, 7) is 5.22. The molecule has 2 nitrogen and oxygen atoms in total. The Morgan fingerprint density at radius 2 is 2.21 bits per heavy atom. The average Bonchev–Trinajstić information content (AvgIpc) is 2.16. The van der Waals surface area contributed by atoms with E-state index in [2.05, 4.69) is 13.8 Å². The van der Waals surface area contributed by atoms with Crippen LogP contribution in [0.4, 0.5) is 0 Å². The molecular formula is C12H16O2. The molecule has 0 aromatic heterocycles. The molecule has 1 atom stereocenters. The number of phenols is 1. The molecule has 2 heteroatoms. The summed E-state index contributed by atoms with van der Waals surface area (Å²) in [4.78, 5) is 0. The van der Waals surface area contributed by atoms with E-state index < -0.39 is 0 Å². The van der Waals surface area contributed by atoms with Gasteiger partial charge in [0.1, 0.15) is 11.5 Å². The maximum atomic E-state index is 9.33. The number of hydrogen-bond donors (Lipinski definition) is 1. The van der Waals surface area contributed by atoms with Crippen LogP contribution in [0.3, 0.4) is 0 Å². The quantitative estimate of drug-likeness (QED) is 0.741. The topological polar surface area (TPSA) is 29.5 Å². The van der Waals surface area contributed by atoms with Crippen LogP contribution in [0, 0.1) is 5.92 Å². The Labute approximate surface area is 84.5 Å². The zero-order valence-corrected chi connectivity index (χ0v) is 8.66. The summed E-state index contributed by atoms with van der Waals surface area (Å²) in [5.74, 6) is 2.34. The first-order valence-corrected chi connectivity index (χ1v) is 5.14. The number of phenolic OH excluding ortho intramolecular Hbond substituents is 1. The highest BCUT2D eigenvalue weighted by Crippen LogP contribution is 2.39. The molecule has 0 radical (unpaired) electrons. The summed E-state index contributed by atoms with van der Waals surface area (Å²) < 4.78 is 5.52. The van der Waals surface area contributed by atoms with Gasteiger partial charge in [0.2, 0.25) is 0 Å². The summed E-state index contributed by atoms with van der Waals surface area (Å²) in [5.41, 5.74) is 1.24. The van der Waals surface area contributed by atoms with Crippen molar-refractivity contribution in [3.8, 4) is 11.5 Å². The van der Waals surface area contributed by atoms with E-state index in [-0.39, 0.29) is 5.75 Å². The van der Waals surface area contributed by atoms with Crippen LogP contribution in [0.5, 0.6) is 11.5 Å². The van der Waals surface area contributed by atoms with E-state index in [4.69, 9.17) is 4.74 Å². The lowest BCUT2D eigenvalue weighted by Gasteiger charge is -2.28. The molecule has 2 rings (SSSR count). The standard InChI is InChI=1S/C12H16O2/c1-8(2)10-5-6-14-12-7-9(13)3-4-11(10)12/h3-4,7-8,10,13H,5-6H2,1-2H3. The maximum Gasteiger partial charge on any atom is 0.126 e. The molecule has 1 unspecified atom stereocenters. The van der Waals surface area contributed by atoms with Crippen LogP contribution in [-0.2, 0) is 0 Å². The Balaban J connectivity index is 2.40. The smallest absolute Gasteiger partial charge is 0.126 e. The Bertz CT molecular complexity index is 331. The van der Waals surface area contributed by atoms with Gasteiger partial charge in [0.05, 0.1) is 6.61 Å². The number of aromatic hydroxyl groups is 1. The van der Waals surface area contributed by atoms with Crippen molar-refractivity contribution >= 4 is 0 Å². The van der Waals surface area contributed by atoms with Crippen molar-refractivity contribution in [2.75, 3.05) is 6.61 Å². The first-order chi connectivity index (χ1) is 6.68. The highest BCUT2D eigenvalue weighted by Gasteiger charge is 2.23. The molecule has 76 valence electrons. The largest absolute Gasteiger partial charge is 0.508 e. The highest BCUT2D eigenvalue weighted by atomic mass is 16.5. The maximum absolute atomic E-state index is 9.33. The van der Waals surface area contributed by atoms with Crippen molar-refractivity contribution in [3.05, 3.63) is 23.8 Å². The van der Waals surface area contributed by atoms with Gasteiger partial charge in [-0.25, -0.2) is 0 Å². The van der Waals surface area contributed by atoms with E-state index in [1.165, 1.54) is 5.56 Å². The van der Waals surface area contributed by atoms with Crippen LogP contribution in [0.1, 0.15) is 31.7 Å². The predicted molar refractivity (Wildman–Crippen MR) is 55.8 cm³/mol. The van der Waals surface area contributed by atoms with Crippen LogP contribution < -0.4 is 4.74 Å². The summed E-state index contributed by atoms with van der Waals surface area (Å²) >= 11 is 0. The van der Waals surface area contributed by atoms with Crippen molar-refractivity contribution in [2.45, 2.75) is 26.2 Å². The van der Waals surface area contributed by atoms with Crippen molar-refractivity contribution in [2.24, 2.45) is 5.92 Å². The van der Waals surface area contributed by atoms with Crippen molar-refractivity contribution in [1.29, 1.82) is 0 Å². The van der Waals surface area contributed by atoms with Gasteiger partial charge in [0.25, 0.3) is 0 Å². The number of hydrogen-bond acceptors (Lipinski definition) is 2. The molecule has 0 spiro atoms. The zero-order valence-electron chi connectivity index (χ0n) is 8.66. The fourth-order valence-corrected chi connectivity index (χ4v) is 2.10. The van der Waals surface area contributed by atoms with Gasteiger partial charge in [-0.2, -0.15) is 0 Å². The van der Waals surface area contributed by atoms with E-state index in [0.717, 1.165) is 18.8 Å². The molecule has 1 aliphatic rings. The minimum Gasteiger partial charge on any atom is -0.508 e. The molecular weight excluding hydrogens is 176 g/mol. The van der Waals surface area contributed by atoms with Gasteiger partial charge < -0.3 is 9.84 Å². The molecule has 0 fully saturated rings. The zero-order chi connectivity index (χ0) is 10.1. The molecule has 0 aliphatic carbocycles. The highest BCUT2D eigenvalue weighted by molar-refractivity contribution is 5.43. The molecule has 1 aromatic carbocycles. The van der Waals surface area contributed by atoms with E-state index in [1.54, 1.807) is 12.1 Å².